The van der Waals surface area contributed by atoms with E-state index in [0.717, 1.165) is 21.4 Å². The summed E-state index contributed by atoms with van der Waals surface area (Å²) in [6, 6.07) is 7.48. The molecule has 0 unspecified atom stereocenters. The van der Waals surface area contributed by atoms with Gasteiger partial charge in [0, 0.05) is 35.4 Å². The average Bonchev–Trinajstić information content (AvgIpc) is 3.00. The van der Waals surface area contributed by atoms with Crippen LogP contribution in [0.15, 0.2) is 56.1 Å². The highest BCUT2D eigenvalue weighted by atomic mass is 32.2. The number of pyridine rings is 1. The number of aromatic nitrogens is 1. The Labute approximate surface area is 130 Å². The van der Waals surface area contributed by atoms with Gasteiger partial charge in [-0.05, 0) is 17.7 Å². The first-order valence-corrected chi connectivity index (χ1v) is 7.42. The second-order valence-corrected chi connectivity index (χ2v) is 5.72. The number of hydrogen-bond acceptors (Lipinski definition) is 4. The molecule has 3 rings (SSSR count). The Balaban J connectivity index is 1.98. The highest BCUT2D eigenvalue weighted by molar-refractivity contribution is 7.99. The molecule has 0 spiro atoms. The van der Waals surface area contributed by atoms with Crippen LogP contribution in [0.3, 0.4) is 0 Å². The number of rotatable bonds is 4. The van der Waals surface area contributed by atoms with Gasteiger partial charge in [-0.1, -0.05) is 30.0 Å². The molecule has 0 amide bonds. The van der Waals surface area contributed by atoms with Crippen molar-refractivity contribution in [2.24, 2.45) is 4.99 Å². The van der Waals surface area contributed by atoms with Gasteiger partial charge in [0.05, 0.1) is 10.6 Å². The van der Waals surface area contributed by atoms with Crippen LogP contribution in [0.2, 0.25) is 0 Å². The molecule has 1 aliphatic rings. The zero-order valence-electron chi connectivity index (χ0n) is 11.4. The van der Waals surface area contributed by atoms with E-state index in [1.165, 1.54) is 11.8 Å². The van der Waals surface area contributed by atoms with Crippen LogP contribution in [0.4, 0.5) is 5.69 Å². The average molecular weight is 312 g/mol. The van der Waals surface area contributed by atoms with Crippen LogP contribution in [0.25, 0.3) is 6.08 Å². The molecule has 6 heteroatoms. The van der Waals surface area contributed by atoms with E-state index in [1.54, 1.807) is 18.5 Å². The highest BCUT2D eigenvalue weighted by Gasteiger charge is 2.16. The monoisotopic (exact) mass is 312 g/mol. The summed E-state index contributed by atoms with van der Waals surface area (Å²) in [6.45, 7) is 0. The molecule has 1 aliphatic heterocycles. The Kier molecular flexibility index (Phi) is 3.93. The molecule has 0 fully saturated rings. The molecular weight excluding hydrogens is 300 g/mol. The molecule has 110 valence electrons. The number of hydrogen-bond donors (Lipinski definition) is 2. The van der Waals surface area contributed by atoms with Crippen molar-refractivity contribution in [3.63, 3.8) is 0 Å². The summed E-state index contributed by atoms with van der Waals surface area (Å²) >= 11 is 1.45. The van der Waals surface area contributed by atoms with Crippen molar-refractivity contribution in [1.82, 2.24) is 4.98 Å². The Morgan fingerprint density at radius 3 is 2.95 bits per heavy atom. The number of aliphatic carboxylic acids is 1. The summed E-state index contributed by atoms with van der Waals surface area (Å²) in [6.07, 6.45) is 6.57. The maximum absolute atomic E-state index is 11.7. The number of fused-ring (bicyclic) bond motifs is 1. The molecule has 22 heavy (non-hydrogen) atoms. The summed E-state index contributed by atoms with van der Waals surface area (Å²) in [5.74, 6) is -0.991. The van der Waals surface area contributed by atoms with Gasteiger partial charge in [-0.15, -0.1) is 0 Å². The third kappa shape index (κ3) is 2.87. The number of carbonyl (C=O) groups is 1. The van der Waals surface area contributed by atoms with Gasteiger partial charge in [-0.25, -0.2) is 4.79 Å². The summed E-state index contributed by atoms with van der Waals surface area (Å²) in [4.78, 5) is 31.2. The fourth-order valence-corrected chi connectivity index (χ4v) is 3.20. The molecule has 0 atom stereocenters. The van der Waals surface area contributed by atoms with Crippen molar-refractivity contribution >= 4 is 35.7 Å². The van der Waals surface area contributed by atoms with Crippen LogP contribution in [0.5, 0.6) is 0 Å². The molecule has 2 aromatic rings. The van der Waals surface area contributed by atoms with Gasteiger partial charge >= 0.3 is 5.97 Å². The van der Waals surface area contributed by atoms with Crippen molar-refractivity contribution < 1.29 is 9.90 Å². The van der Waals surface area contributed by atoms with Crippen LogP contribution >= 0.6 is 11.8 Å². The molecule has 5 nitrogen and oxygen atoms in total. The predicted molar refractivity (Wildman–Crippen MR) is 86.2 cm³/mol. The number of H-pyrrole nitrogens is 1. The first kappa shape index (κ1) is 14.3. The van der Waals surface area contributed by atoms with Crippen molar-refractivity contribution in [1.29, 1.82) is 0 Å². The van der Waals surface area contributed by atoms with Crippen molar-refractivity contribution in [2.45, 2.75) is 16.2 Å². The van der Waals surface area contributed by atoms with E-state index in [4.69, 9.17) is 5.11 Å². The normalized spacial score (nSPS) is 12.7. The third-order valence-corrected chi connectivity index (χ3v) is 4.31. The number of nitrogens with zero attached hydrogens (tertiary/aromatic N) is 1. The first-order chi connectivity index (χ1) is 10.6. The number of aliphatic imine (C=N–C) groups is 1. The Morgan fingerprint density at radius 2 is 2.14 bits per heavy atom. The Morgan fingerprint density at radius 1 is 1.32 bits per heavy atom. The molecule has 0 radical (unpaired) electrons. The number of aromatic amines is 1. The maximum atomic E-state index is 11.7. The molecular formula is C16H12N2O3S. The van der Waals surface area contributed by atoms with E-state index in [0.29, 0.717) is 17.7 Å². The summed E-state index contributed by atoms with van der Waals surface area (Å²) in [5.41, 5.74) is 2.06. The number of nitrogens with one attached hydrogen (secondary N) is 1. The fourth-order valence-electron chi connectivity index (χ4n) is 2.17. The fraction of sp³-hybridized carbons (Fsp3) is 0.0625. The minimum atomic E-state index is -0.991. The van der Waals surface area contributed by atoms with Gasteiger partial charge < -0.3 is 10.1 Å². The lowest BCUT2D eigenvalue weighted by molar-refractivity contribution is -0.131. The van der Waals surface area contributed by atoms with E-state index in [2.05, 4.69) is 9.98 Å². The van der Waals surface area contributed by atoms with Gasteiger partial charge in [0.25, 0.3) is 5.56 Å². The quantitative estimate of drug-likeness (QED) is 0.850. The lowest BCUT2D eigenvalue weighted by Crippen LogP contribution is -2.10. The lowest BCUT2D eigenvalue weighted by Gasteiger charge is -2.08. The Bertz CT molecular complexity index is 853. The topological polar surface area (TPSA) is 82.5 Å². The summed E-state index contributed by atoms with van der Waals surface area (Å²) < 4.78 is 0. The van der Waals surface area contributed by atoms with Crippen LogP contribution < -0.4 is 5.56 Å². The van der Waals surface area contributed by atoms with Gasteiger partial charge in [-0.3, -0.25) is 9.79 Å². The van der Waals surface area contributed by atoms with E-state index in [9.17, 15) is 9.59 Å². The van der Waals surface area contributed by atoms with Crippen LogP contribution in [0.1, 0.15) is 11.1 Å². The van der Waals surface area contributed by atoms with E-state index < -0.39 is 5.97 Å². The van der Waals surface area contributed by atoms with Crippen LogP contribution in [-0.2, 0) is 11.2 Å². The summed E-state index contributed by atoms with van der Waals surface area (Å²) in [5, 5.41) is 8.76. The van der Waals surface area contributed by atoms with E-state index in [1.807, 2.05) is 24.3 Å². The zero-order valence-corrected chi connectivity index (χ0v) is 12.3. The molecule has 0 saturated carbocycles. The number of benzene rings is 1. The van der Waals surface area contributed by atoms with E-state index in [-0.39, 0.29) is 5.56 Å². The summed E-state index contributed by atoms with van der Waals surface area (Å²) in [7, 11) is 0. The van der Waals surface area contributed by atoms with Gasteiger partial charge in [-0.2, -0.15) is 0 Å². The zero-order chi connectivity index (χ0) is 15.5. The van der Waals surface area contributed by atoms with Gasteiger partial charge in [0.2, 0.25) is 0 Å². The second kappa shape index (κ2) is 6.03. The number of carboxylic acid groups (broad SMARTS) is 1. The molecule has 2 N–H and O–H groups in total. The van der Waals surface area contributed by atoms with Crippen molar-refractivity contribution in [3.05, 3.63) is 58.0 Å². The van der Waals surface area contributed by atoms with Crippen LogP contribution in [0, 0.1) is 0 Å². The van der Waals surface area contributed by atoms with Gasteiger partial charge in [0.15, 0.2) is 0 Å². The number of carboxylic acids is 1. The molecule has 1 aromatic carbocycles. The van der Waals surface area contributed by atoms with Crippen LogP contribution in [-0.4, -0.2) is 22.3 Å². The standard InChI is InChI=1S/C16H12N2O3S/c19-14(20)6-5-10-3-1-2-4-12(10)22-13-9-18-16(21)11-7-8-17-15(11)13/h1-6,8-9H,7H2,(H,18,21)(H,19,20)/b6-5+. The van der Waals surface area contributed by atoms with E-state index >= 15 is 0 Å². The molecule has 0 bridgehead atoms. The molecule has 0 saturated heterocycles. The van der Waals surface area contributed by atoms with Crippen molar-refractivity contribution in [3.8, 4) is 0 Å². The Hall–Kier alpha value is -2.60. The SMILES string of the molecule is O=C(O)/C=C/c1ccccc1Sc1c[nH]c(=O)c2c1N=CC2. The molecule has 2 heterocycles. The highest BCUT2D eigenvalue weighted by Crippen LogP contribution is 2.38. The predicted octanol–water partition coefficient (Wildman–Crippen LogP) is 2.88. The maximum Gasteiger partial charge on any atom is 0.328 e. The van der Waals surface area contributed by atoms with Crippen molar-refractivity contribution in [2.75, 3.05) is 0 Å². The minimum absolute atomic E-state index is 0.115. The second-order valence-electron chi connectivity index (χ2n) is 4.64. The minimum Gasteiger partial charge on any atom is -0.478 e. The first-order valence-electron chi connectivity index (χ1n) is 6.60. The molecule has 0 aliphatic carbocycles. The lowest BCUT2D eigenvalue weighted by atomic mass is 10.2. The molecule has 1 aromatic heterocycles. The smallest absolute Gasteiger partial charge is 0.328 e. The third-order valence-electron chi connectivity index (χ3n) is 3.19. The largest absolute Gasteiger partial charge is 0.478 e. The van der Waals surface area contributed by atoms with Gasteiger partial charge in [0.1, 0.15) is 0 Å².